The smallest absolute Gasteiger partial charge is 0.121 e. The minimum Gasteiger partial charge on any atom is -0.494 e. The van der Waals surface area contributed by atoms with Gasteiger partial charge in [-0.2, -0.15) is 0 Å². The van der Waals surface area contributed by atoms with Crippen LogP contribution in [0.5, 0.6) is 5.75 Å². The maximum Gasteiger partial charge on any atom is 0.121 e. The lowest BCUT2D eigenvalue weighted by Gasteiger charge is -2.39. The molecule has 0 aromatic heterocycles. The summed E-state index contributed by atoms with van der Waals surface area (Å²) < 4.78 is 5.56. The molecule has 2 atom stereocenters. The van der Waals surface area contributed by atoms with E-state index in [1.54, 1.807) is 0 Å². The van der Waals surface area contributed by atoms with Crippen molar-refractivity contribution in [3.63, 3.8) is 0 Å². The van der Waals surface area contributed by atoms with Gasteiger partial charge >= 0.3 is 0 Å². The van der Waals surface area contributed by atoms with E-state index in [9.17, 15) is 0 Å². The van der Waals surface area contributed by atoms with E-state index in [0.29, 0.717) is 18.1 Å². The Labute approximate surface area is 122 Å². The molecule has 1 saturated carbocycles. The average molecular weight is 276 g/mol. The molecule has 0 heterocycles. The summed E-state index contributed by atoms with van der Waals surface area (Å²) in [4.78, 5) is 0. The van der Waals surface area contributed by atoms with E-state index in [1.165, 1.54) is 19.3 Å². The van der Waals surface area contributed by atoms with Crippen molar-refractivity contribution in [3.8, 4) is 5.75 Å². The summed E-state index contributed by atoms with van der Waals surface area (Å²) in [6.45, 7) is 9.73. The van der Waals surface area contributed by atoms with Crippen LogP contribution in [-0.4, -0.2) is 12.6 Å². The van der Waals surface area contributed by atoms with Crippen molar-refractivity contribution in [2.24, 2.45) is 11.3 Å². The zero-order chi connectivity index (χ0) is 14.8. The Morgan fingerprint density at radius 1 is 1.35 bits per heavy atom. The summed E-state index contributed by atoms with van der Waals surface area (Å²) in [6.07, 6.45) is 3.71. The highest BCUT2D eigenvalue weighted by molar-refractivity contribution is 5.68. The molecule has 1 aliphatic carbocycles. The van der Waals surface area contributed by atoms with Gasteiger partial charge in [-0.05, 0) is 49.7 Å². The van der Waals surface area contributed by atoms with Crippen LogP contribution in [0.4, 0.5) is 11.4 Å². The Morgan fingerprint density at radius 2 is 2.10 bits per heavy atom. The first kappa shape index (κ1) is 15.0. The van der Waals surface area contributed by atoms with Crippen LogP contribution in [0.2, 0.25) is 0 Å². The fraction of sp³-hybridized carbons (Fsp3) is 0.647. The molecule has 3 heteroatoms. The molecule has 1 fully saturated rings. The Hall–Kier alpha value is -1.38. The van der Waals surface area contributed by atoms with Gasteiger partial charge in [-0.25, -0.2) is 0 Å². The second kappa shape index (κ2) is 5.94. The van der Waals surface area contributed by atoms with Gasteiger partial charge in [0.2, 0.25) is 0 Å². The lowest BCUT2D eigenvalue weighted by atomic mass is 9.70. The van der Waals surface area contributed by atoms with E-state index < -0.39 is 0 Å². The first-order valence-corrected chi connectivity index (χ1v) is 7.68. The third kappa shape index (κ3) is 3.81. The van der Waals surface area contributed by atoms with E-state index in [0.717, 1.165) is 23.0 Å². The van der Waals surface area contributed by atoms with Crippen molar-refractivity contribution in [3.05, 3.63) is 18.2 Å². The van der Waals surface area contributed by atoms with Gasteiger partial charge in [-0.15, -0.1) is 0 Å². The van der Waals surface area contributed by atoms with Crippen LogP contribution in [-0.2, 0) is 0 Å². The van der Waals surface area contributed by atoms with Gasteiger partial charge in [0, 0.05) is 12.1 Å². The minimum atomic E-state index is 0.404. The SMILES string of the molecule is CCOc1ccc(N)c(N[C@H]2C[C@@H](C)CC(C)(C)C2)c1. The summed E-state index contributed by atoms with van der Waals surface area (Å²) in [6, 6.07) is 6.36. The summed E-state index contributed by atoms with van der Waals surface area (Å²) in [5, 5.41) is 3.63. The topological polar surface area (TPSA) is 47.3 Å². The van der Waals surface area contributed by atoms with Gasteiger partial charge in [-0.1, -0.05) is 20.8 Å². The Bertz CT molecular complexity index is 456. The zero-order valence-electron chi connectivity index (χ0n) is 13.2. The van der Waals surface area contributed by atoms with Gasteiger partial charge in [0.05, 0.1) is 18.0 Å². The molecule has 0 saturated heterocycles. The Balaban J connectivity index is 2.10. The molecule has 0 aliphatic heterocycles. The van der Waals surface area contributed by atoms with E-state index in [1.807, 2.05) is 25.1 Å². The molecule has 0 radical (unpaired) electrons. The number of benzene rings is 1. The highest BCUT2D eigenvalue weighted by atomic mass is 16.5. The summed E-state index contributed by atoms with van der Waals surface area (Å²) >= 11 is 0. The maximum absolute atomic E-state index is 6.09. The second-order valence-electron chi connectivity index (χ2n) is 6.94. The quantitative estimate of drug-likeness (QED) is 0.806. The molecule has 3 nitrogen and oxygen atoms in total. The largest absolute Gasteiger partial charge is 0.494 e. The first-order valence-electron chi connectivity index (χ1n) is 7.68. The average Bonchev–Trinajstić information content (AvgIpc) is 2.31. The van der Waals surface area contributed by atoms with Crippen molar-refractivity contribution < 1.29 is 4.74 Å². The molecule has 0 amide bonds. The molecule has 1 aromatic rings. The van der Waals surface area contributed by atoms with Crippen molar-refractivity contribution in [1.82, 2.24) is 0 Å². The van der Waals surface area contributed by atoms with Gasteiger partial charge in [0.25, 0.3) is 0 Å². The van der Waals surface area contributed by atoms with Gasteiger partial charge in [-0.3, -0.25) is 0 Å². The second-order valence-corrected chi connectivity index (χ2v) is 6.94. The van der Waals surface area contributed by atoms with Crippen LogP contribution in [0.25, 0.3) is 0 Å². The standard InChI is InChI=1S/C17H28N2O/c1-5-20-14-6-7-15(18)16(9-14)19-13-8-12(2)10-17(3,4)11-13/h6-7,9,12-13,19H,5,8,10-11,18H2,1-4H3/t12-,13+/m1/s1. The van der Waals surface area contributed by atoms with Gasteiger partial charge in [0.1, 0.15) is 5.75 Å². The van der Waals surface area contributed by atoms with Gasteiger partial charge in [0.15, 0.2) is 0 Å². The molecule has 3 N–H and O–H groups in total. The lowest BCUT2D eigenvalue weighted by molar-refractivity contribution is 0.178. The zero-order valence-corrected chi connectivity index (χ0v) is 13.2. The molecular weight excluding hydrogens is 248 g/mol. The number of ether oxygens (including phenoxy) is 1. The van der Waals surface area contributed by atoms with E-state index in [2.05, 4.69) is 26.1 Å². The molecule has 2 rings (SSSR count). The summed E-state index contributed by atoms with van der Waals surface area (Å²) in [7, 11) is 0. The fourth-order valence-corrected chi connectivity index (χ4v) is 3.59. The highest BCUT2D eigenvalue weighted by Gasteiger charge is 2.32. The first-order chi connectivity index (χ1) is 9.39. The van der Waals surface area contributed by atoms with Crippen LogP contribution in [0.1, 0.15) is 47.0 Å². The molecule has 20 heavy (non-hydrogen) atoms. The van der Waals surface area contributed by atoms with Crippen molar-refractivity contribution >= 4 is 11.4 Å². The van der Waals surface area contributed by atoms with Crippen LogP contribution in [0.3, 0.4) is 0 Å². The van der Waals surface area contributed by atoms with E-state index in [-0.39, 0.29) is 0 Å². The molecule has 1 aromatic carbocycles. The number of nitrogen functional groups attached to an aromatic ring is 1. The maximum atomic E-state index is 6.09. The predicted octanol–water partition coefficient (Wildman–Crippen LogP) is 4.29. The number of hydrogen-bond donors (Lipinski definition) is 2. The predicted molar refractivity (Wildman–Crippen MR) is 86.2 cm³/mol. The number of nitrogens with one attached hydrogen (secondary N) is 1. The van der Waals surface area contributed by atoms with Crippen molar-refractivity contribution in [2.75, 3.05) is 17.7 Å². The highest BCUT2D eigenvalue weighted by Crippen LogP contribution is 2.40. The lowest BCUT2D eigenvalue weighted by Crippen LogP contribution is -2.35. The van der Waals surface area contributed by atoms with Crippen LogP contribution >= 0.6 is 0 Å². The number of anilines is 2. The Kier molecular flexibility index (Phi) is 4.46. The normalized spacial score (nSPS) is 25.2. The molecule has 0 unspecified atom stereocenters. The van der Waals surface area contributed by atoms with E-state index in [4.69, 9.17) is 10.5 Å². The summed E-state index contributed by atoms with van der Waals surface area (Å²) in [5.74, 6) is 1.64. The number of hydrogen-bond acceptors (Lipinski definition) is 3. The fourth-order valence-electron chi connectivity index (χ4n) is 3.59. The number of nitrogens with two attached hydrogens (primary N) is 1. The van der Waals surface area contributed by atoms with Crippen LogP contribution in [0, 0.1) is 11.3 Å². The minimum absolute atomic E-state index is 0.404. The molecular formula is C17H28N2O. The molecule has 0 bridgehead atoms. The van der Waals surface area contributed by atoms with Crippen molar-refractivity contribution in [2.45, 2.75) is 53.0 Å². The Morgan fingerprint density at radius 3 is 2.75 bits per heavy atom. The molecule has 112 valence electrons. The molecule has 1 aliphatic rings. The van der Waals surface area contributed by atoms with Crippen LogP contribution in [0.15, 0.2) is 18.2 Å². The summed E-state index contributed by atoms with van der Waals surface area (Å²) in [5.41, 5.74) is 8.29. The number of rotatable bonds is 4. The third-order valence-electron chi connectivity index (χ3n) is 4.08. The van der Waals surface area contributed by atoms with Gasteiger partial charge < -0.3 is 15.8 Å². The molecule has 0 spiro atoms. The van der Waals surface area contributed by atoms with Crippen LogP contribution < -0.4 is 15.8 Å². The monoisotopic (exact) mass is 276 g/mol. The van der Waals surface area contributed by atoms with Crippen molar-refractivity contribution in [1.29, 1.82) is 0 Å². The van der Waals surface area contributed by atoms with E-state index >= 15 is 0 Å². The third-order valence-corrected chi connectivity index (χ3v) is 4.08.